The van der Waals surface area contributed by atoms with Gasteiger partial charge in [0.05, 0.1) is 6.54 Å². The highest BCUT2D eigenvalue weighted by molar-refractivity contribution is 5.77. The molecule has 0 bridgehead atoms. The summed E-state index contributed by atoms with van der Waals surface area (Å²) in [5.74, 6) is 0.885. The van der Waals surface area contributed by atoms with Crippen molar-refractivity contribution in [1.29, 1.82) is 0 Å². The van der Waals surface area contributed by atoms with E-state index in [4.69, 9.17) is 4.42 Å². The smallest absolute Gasteiger partial charge is 0.192 e. The predicted molar refractivity (Wildman–Crippen MR) is 70.6 cm³/mol. The summed E-state index contributed by atoms with van der Waals surface area (Å²) in [7, 11) is 1.96. The summed E-state index contributed by atoms with van der Waals surface area (Å²) in [5.41, 5.74) is 2.94. The van der Waals surface area contributed by atoms with Gasteiger partial charge in [0.2, 0.25) is 0 Å². The van der Waals surface area contributed by atoms with Crippen LogP contribution < -0.4 is 0 Å². The number of rotatable bonds is 5. The fraction of sp³-hybridized carbons (Fsp3) is 0.429. The lowest BCUT2D eigenvalue weighted by atomic mass is 10.1. The van der Waals surface area contributed by atoms with E-state index in [9.17, 15) is 4.79 Å². The first-order valence-electron chi connectivity index (χ1n) is 6.08. The number of Topliss-reactive ketones (excluding diaryl/α,β-unsaturated/α-hetero) is 1. The number of aromatic nitrogens is 1. The summed E-state index contributed by atoms with van der Waals surface area (Å²) < 4.78 is 5.43. The molecule has 0 spiro atoms. The van der Waals surface area contributed by atoms with Gasteiger partial charge in [0.1, 0.15) is 11.3 Å². The Hall–Kier alpha value is -1.68. The number of carbonyl (C=O) groups excluding carboxylic acids is 1. The third kappa shape index (κ3) is 3.17. The lowest BCUT2D eigenvalue weighted by molar-refractivity contribution is -0.117. The number of oxazole rings is 1. The molecule has 0 aliphatic rings. The van der Waals surface area contributed by atoms with Crippen molar-refractivity contribution in [3.63, 3.8) is 0 Å². The molecule has 0 saturated heterocycles. The fourth-order valence-corrected chi connectivity index (χ4v) is 2.02. The van der Waals surface area contributed by atoms with Crippen LogP contribution in [0.4, 0.5) is 0 Å². The Morgan fingerprint density at radius 3 is 2.94 bits per heavy atom. The summed E-state index contributed by atoms with van der Waals surface area (Å²) in [6.07, 6.45) is 0.908. The first-order valence-corrected chi connectivity index (χ1v) is 6.08. The van der Waals surface area contributed by atoms with Crippen LogP contribution in [0.5, 0.6) is 0 Å². The zero-order valence-electron chi connectivity index (χ0n) is 11.1. The fourth-order valence-electron chi connectivity index (χ4n) is 2.02. The Kier molecular flexibility index (Phi) is 3.77. The summed E-state index contributed by atoms with van der Waals surface area (Å²) in [4.78, 5) is 17.3. The second-order valence-electron chi connectivity index (χ2n) is 4.72. The maximum atomic E-state index is 11.0. The van der Waals surface area contributed by atoms with Gasteiger partial charge in [-0.2, -0.15) is 0 Å². The minimum Gasteiger partial charge on any atom is -0.441 e. The molecule has 0 saturated carbocycles. The molecule has 0 fully saturated rings. The van der Waals surface area contributed by atoms with Crippen LogP contribution in [-0.2, 0) is 11.2 Å². The van der Waals surface area contributed by atoms with Crippen molar-refractivity contribution in [2.24, 2.45) is 0 Å². The minimum atomic E-state index is 0.195. The molecule has 4 heteroatoms. The SMILES string of the molecule is CC(=O)CN(C)CCc1ccc2oc(C)nc2c1. The van der Waals surface area contributed by atoms with E-state index in [0.29, 0.717) is 12.4 Å². The average molecular weight is 246 g/mol. The number of carbonyl (C=O) groups is 1. The Labute approximate surface area is 107 Å². The number of hydrogen-bond acceptors (Lipinski definition) is 4. The van der Waals surface area contributed by atoms with E-state index in [2.05, 4.69) is 11.1 Å². The minimum absolute atomic E-state index is 0.195. The second-order valence-corrected chi connectivity index (χ2v) is 4.72. The summed E-state index contributed by atoms with van der Waals surface area (Å²) >= 11 is 0. The van der Waals surface area contributed by atoms with Crippen molar-refractivity contribution in [1.82, 2.24) is 9.88 Å². The normalized spacial score (nSPS) is 11.3. The van der Waals surface area contributed by atoms with E-state index in [0.717, 1.165) is 24.1 Å². The van der Waals surface area contributed by atoms with Crippen LogP contribution in [0.15, 0.2) is 22.6 Å². The Balaban J connectivity index is 2.01. The molecule has 1 aromatic carbocycles. The van der Waals surface area contributed by atoms with Crippen molar-refractivity contribution in [3.05, 3.63) is 29.7 Å². The molecule has 4 nitrogen and oxygen atoms in total. The number of fused-ring (bicyclic) bond motifs is 1. The molecule has 1 heterocycles. The largest absolute Gasteiger partial charge is 0.441 e. The molecular weight excluding hydrogens is 228 g/mol. The monoisotopic (exact) mass is 246 g/mol. The van der Waals surface area contributed by atoms with Crippen molar-refractivity contribution < 1.29 is 9.21 Å². The molecule has 96 valence electrons. The number of nitrogens with zero attached hydrogens (tertiary/aromatic N) is 2. The highest BCUT2D eigenvalue weighted by Crippen LogP contribution is 2.17. The van der Waals surface area contributed by atoms with Gasteiger partial charge < -0.3 is 4.42 Å². The summed E-state index contributed by atoms with van der Waals surface area (Å²) in [6, 6.07) is 6.05. The van der Waals surface area contributed by atoms with Gasteiger partial charge in [-0.1, -0.05) is 6.07 Å². The van der Waals surface area contributed by atoms with Crippen molar-refractivity contribution in [2.75, 3.05) is 20.1 Å². The van der Waals surface area contributed by atoms with Crippen LogP contribution in [0.25, 0.3) is 11.1 Å². The molecule has 0 N–H and O–H groups in total. The van der Waals surface area contributed by atoms with Gasteiger partial charge in [0.15, 0.2) is 11.5 Å². The van der Waals surface area contributed by atoms with Crippen LogP contribution >= 0.6 is 0 Å². The van der Waals surface area contributed by atoms with Gasteiger partial charge in [0, 0.05) is 13.5 Å². The summed E-state index contributed by atoms with van der Waals surface area (Å²) in [5, 5.41) is 0. The Bertz CT molecular complexity index is 560. The Morgan fingerprint density at radius 2 is 2.22 bits per heavy atom. The van der Waals surface area contributed by atoms with E-state index < -0.39 is 0 Å². The number of hydrogen-bond donors (Lipinski definition) is 0. The van der Waals surface area contributed by atoms with Crippen LogP contribution in [0.3, 0.4) is 0 Å². The van der Waals surface area contributed by atoms with Crippen LogP contribution in [0.1, 0.15) is 18.4 Å². The van der Waals surface area contributed by atoms with Crippen LogP contribution in [-0.4, -0.2) is 35.8 Å². The van der Waals surface area contributed by atoms with E-state index in [1.807, 2.05) is 31.0 Å². The second kappa shape index (κ2) is 5.31. The predicted octanol–water partition coefficient (Wildman–Crippen LogP) is 2.20. The van der Waals surface area contributed by atoms with Gasteiger partial charge >= 0.3 is 0 Å². The molecule has 18 heavy (non-hydrogen) atoms. The number of ketones is 1. The average Bonchev–Trinajstić information content (AvgIpc) is 2.64. The molecule has 0 radical (unpaired) electrons. The van der Waals surface area contributed by atoms with Gasteiger partial charge in [-0.05, 0) is 38.1 Å². The van der Waals surface area contributed by atoms with Crippen molar-refractivity contribution in [3.8, 4) is 0 Å². The zero-order chi connectivity index (χ0) is 13.1. The van der Waals surface area contributed by atoms with E-state index in [1.54, 1.807) is 6.92 Å². The zero-order valence-corrected chi connectivity index (χ0v) is 11.1. The molecule has 2 rings (SSSR count). The number of likely N-dealkylation sites (N-methyl/N-ethyl adjacent to an activating group) is 1. The molecule has 0 amide bonds. The maximum absolute atomic E-state index is 11.0. The number of benzene rings is 1. The van der Waals surface area contributed by atoms with Crippen LogP contribution in [0, 0.1) is 6.92 Å². The number of aryl methyl sites for hydroxylation is 1. The van der Waals surface area contributed by atoms with E-state index in [1.165, 1.54) is 5.56 Å². The third-order valence-electron chi connectivity index (χ3n) is 2.83. The lowest BCUT2D eigenvalue weighted by Gasteiger charge is -2.14. The molecule has 0 aliphatic carbocycles. The standard InChI is InChI=1S/C14H18N2O2/c1-10(17)9-16(3)7-6-12-4-5-14-13(8-12)15-11(2)18-14/h4-5,8H,6-7,9H2,1-3H3. The van der Waals surface area contributed by atoms with Crippen molar-refractivity contribution >= 4 is 16.9 Å². The topological polar surface area (TPSA) is 46.3 Å². The highest BCUT2D eigenvalue weighted by Gasteiger charge is 2.05. The molecule has 0 aliphatic heterocycles. The molecule has 0 unspecified atom stereocenters. The van der Waals surface area contributed by atoms with E-state index >= 15 is 0 Å². The maximum Gasteiger partial charge on any atom is 0.192 e. The molecule has 1 aromatic heterocycles. The first kappa shape index (κ1) is 12.8. The Morgan fingerprint density at radius 1 is 1.44 bits per heavy atom. The van der Waals surface area contributed by atoms with Gasteiger partial charge in [-0.25, -0.2) is 4.98 Å². The van der Waals surface area contributed by atoms with E-state index in [-0.39, 0.29) is 5.78 Å². The third-order valence-corrected chi connectivity index (χ3v) is 2.83. The quantitative estimate of drug-likeness (QED) is 0.811. The van der Waals surface area contributed by atoms with Gasteiger partial charge in [-0.3, -0.25) is 9.69 Å². The molecule has 2 aromatic rings. The highest BCUT2D eigenvalue weighted by atomic mass is 16.3. The first-order chi connectivity index (χ1) is 8.54. The summed E-state index contributed by atoms with van der Waals surface area (Å²) in [6.45, 7) is 4.83. The van der Waals surface area contributed by atoms with Gasteiger partial charge in [-0.15, -0.1) is 0 Å². The molecule has 0 atom stereocenters. The van der Waals surface area contributed by atoms with Crippen LogP contribution in [0.2, 0.25) is 0 Å². The van der Waals surface area contributed by atoms with Crippen molar-refractivity contribution in [2.45, 2.75) is 20.3 Å². The lowest BCUT2D eigenvalue weighted by Crippen LogP contribution is -2.26. The van der Waals surface area contributed by atoms with Gasteiger partial charge in [0.25, 0.3) is 0 Å². The molecular formula is C14H18N2O2.